The summed E-state index contributed by atoms with van der Waals surface area (Å²) < 4.78 is 36.6. The first kappa shape index (κ1) is 14.9. The molecule has 1 aromatic carbocycles. The van der Waals surface area contributed by atoms with Gasteiger partial charge in [0.2, 0.25) is 0 Å². The molecule has 0 saturated carbocycles. The highest BCUT2D eigenvalue weighted by atomic mass is 79.9. The molecule has 0 amide bonds. The average molecular weight is 345 g/mol. The Labute approximate surface area is 113 Å². The van der Waals surface area contributed by atoms with Crippen LogP contribution < -0.4 is 5.32 Å². The topological polar surface area (TPSA) is 46.2 Å². The highest BCUT2D eigenvalue weighted by molar-refractivity contribution is 9.10. The SMILES string of the molecule is CNC(CS(C)(=O)=O)c1cc(Cl)c(Br)cc1F. The molecule has 1 atom stereocenters. The van der Waals surface area contributed by atoms with E-state index in [1.54, 1.807) is 7.05 Å². The molecule has 1 aromatic rings. The van der Waals surface area contributed by atoms with Crippen molar-refractivity contribution < 1.29 is 12.8 Å². The third-order valence-corrected chi connectivity index (χ3v) is 4.37. The van der Waals surface area contributed by atoms with Gasteiger partial charge in [0.25, 0.3) is 0 Å². The maximum absolute atomic E-state index is 13.7. The van der Waals surface area contributed by atoms with Gasteiger partial charge in [-0.25, -0.2) is 12.8 Å². The largest absolute Gasteiger partial charge is 0.312 e. The van der Waals surface area contributed by atoms with Gasteiger partial charge in [-0.1, -0.05) is 11.6 Å². The van der Waals surface area contributed by atoms with E-state index in [2.05, 4.69) is 21.2 Å². The Morgan fingerprint density at radius 3 is 2.59 bits per heavy atom. The number of rotatable bonds is 4. The summed E-state index contributed by atoms with van der Waals surface area (Å²) in [4.78, 5) is 0. The van der Waals surface area contributed by atoms with Gasteiger partial charge in [-0.05, 0) is 35.1 Å². The van der Waals surface area contributed by atoms with Crippen molar-refractivity contribution in [2.75, 3.05) is 19.1 Å². The molecular formula is C10H12BrClFNO2S. The minimum atomic E-state index is -3.21. The minimum absolute atomic E-state index is 0.182. The zero-order chi connectivity index (χ0) is 13.2. The molecule has 96 valence electrons. The van der Waals surface area contributed by atoms with Crippen LogP contribution in [0.15, 0.2) is 16.6 Å². The maximum Gasteiger partial charge on any atom is 0.149 e. The van der Waals surface area contributed by atoms with Crippen LogP contribution in [0, 0.1) is 5.82 Å². The lowest BCUT2D eigenvalue weighted by Gasteiger charge is -2.17. The van der Waals surface area contributed by atoms with Crippen molar-refractivity contribution in [3.8, 4) is 0 Å². The van der Waals surface area contributed by atoms with Gasteiger partial charge in [-0.3, -0.25) is 0 Å². The minimum Gasteiger partial charge on any atom is -0.312 e. The van der Waals surface area contributed by atoms with Gasteiger partial charge in [-0.2, -0.15) is 0 Å². The summed E-state index contributed by atoms with van der Waals surface area (Å²) >= 11 is 8.97. The Bertz CT molecular complexity index is 521. The van der Waals surface area contributed by atoms with Gasteiger partial charge < -0.3 is 5.32 Å². The van der Waals surface area contributed by atoms with Gasteiger partial charge in [0.15, 0.2) is 0 Å². The molecule has 17 heavy (non-hydrogen) atoms. The fourth-order valence-corrected chi connectivity index (χ4v) is 2.88. The summed E-state index contributed by atoms with van der Waals surface area (Å²) in [5.41, 5.74) is 0.242. The van der Waals surface area contributed by atoms with Crippen LogP contribution in [-0.4, -0.2) is 27.5 Å². The van der Waals surface area contributed by atoms with Crippen molar-refractivity contribution in [1.82, 2.24) is 5.32 Å². The van der Waals surface area contributed by atoms with Crippen molar-refractivity contribution in [3.63, 3.8) is 0 Å². The van der Waals surface area contributed by atoms with E-state index in [-0.39, 0.29) is 11.3 Å². The van der Waals surface area contributed by atoms with Crippen LogP contribution in [0.4, 0.5) is 4.39 Å². The fourth-order valence-electron chi connectivity index (χ4n) is 1.44. The van der Waals surface area contributed by atoms with Gasteiger partial charge in [0.1, 0.15) is 15.7 Å². The highest BCUT2D eigenvalue weighted by Crippen LogP contribution is 2.29. The van der Waals surface area contributed by atoms with E-state index >= 15 is 0 Å². The average Bonchev–Trinajstić information content (AvgIpc) is 2.19. The van der Waals surface area contributed by atoms with Crippen molar-refractivity contribution in [1.29, 1.82) is 0 Å². The predicted octanol–water partition coefficient (Wildman–Crippen LogP) is 2.55. The molecule has 0 aliphatic heterocycles. The van der Waals surface area contributed by atoms with Gasteiger partial charge in [0, 0.05) is 22.3 Å². The predicted molar refractivity (Wildman–Crippen MR) is 70.6 cm³/mol. The van der Waals surface area contributed by atoms with Crippen molar-refractivity contribution in [2.45, 2.75) is 6.04 Å². The van der Waals surface area contributed by atoms with Crippen LogP contribution in [0.2, 0.25) is 5.02 Å². The van der Waals surface area contributed by atoms with E-state index in [0.29, 0.717) is 9.50 Å². The smallest absolute Gasteiger partial charge is 0.149 e. The zero-order valence-electron chi connectivity index (χ0n) is 9.30. The molecule has 1 N–H and O–H groups in total. The number of hydrogen-bond donors (Lipinski definition) is 1. The summed E-state index contributed by atoms with van der Waals surface area (Å²) in [5.74, 6) is -0.678. The Morgan fingerprint density at radius 1 is 1.53 bits per heavy atom. The van der Waals surface area contributed by atoms with Crippen LogP contribution >= 0.6 is 27.5 Å². The molecule has 0 aromatic heterocycles. The second-order valence-corrected chi connectivity index (χ2v) is 7.17. The number of benzene rings is 1. The highest BCUT2D eigenvalue weighted by Gasteiger charge is 2.20. The van der Waals surface area contributed by atoms with Crippen LogP contribution in [-0.2, 0) is 9.84 Å². The van der Waals surface area contributed by atoms with E-state index in [4.69, 9.17) is 11.6 Å². The standard InChI is InChI=1S/C10H12BrClFNO2S/c1-14-10(5-17(2,15)16)6-3-8(12)7(11)4-9(6)13/h3-4,10,14H,5H2,1-2H3. The second kappa shape index (κ2) is 5.65. The Balaban J connectivity index is 3.17. The molecule has 0 spiro atoms. The third-order valence-electron chi connectivity index (χ3n) is 2.23. The molecule has 1 rings (SSSR count). The summed E-state index contributed by atoms with van der Waals surface area (Å²) in [5, 5.41) is 3.11. The van der Waals surface area contributed by atoms with Crippen molar-refractivity contribution in [2.24, 2.45) is 0 Å². The van der Waals surface area contributed by atoms with E-state index in [9.17, 15) is 12.8 Å². The Hall–Kier alpha value is -0.170. The van der Waals surface area contributed by atoms with Gasteiger partial charge >= 0.3 is 0 Å². The number of nitrogens with one attached hydrogen (secondary N) is 1. The number of hydrogen-bond acceptors (Lipinski definition) is 3. The fraction of sp³-hybridized carbons (Fsp3) is 0.400. The first-order chi connectivity index (χ1) is 7.74. The zero-order valence-corrected chi connectivity index (χ0v) is 12.5. The molecule has 1 unspecified atom stereocenters. The molecule has 0 aliphatic carbocycles. The van der Waals surface area contributed by atoms with Crippen molar-refractivity contribution in [3.05, 3.63) is 33.0 Å². The van der Waals surface area contributed by atoms with Gasteiger partial charge in [0.05, 0.1) is 10.8 Å². The monoisotopic (exact) mass is 343 g/mol. The first-order valence-electron chi connectivity index (χ1n) is 4.74. The quantitative estimate of drug-likeness (QED) is 0.854. The molecule has 0 heterocycles. The lowest BCUT2D eigenvalue weighted by molar-refractivity contribution is 0.549. The normalized spacial score (nSPS) is 13.7. The summed E-state index contributed by atoms with van der Waals surface area (Å²) in [6.45, 7) is 0. The first-order valence-corrected chi connectivity index (χ1v) is 7.97. The summed E-state index contributed by atoms with van der Waals surface area (Å²) in [7, 11) is -1.63. The lowest BCUT2D eigenvalue weighted by Crippen LogP contribution is -2.25. The lowest BCUT2D eigenvalue weighted by atomic mass is 10.1. The molecule has 0 aliphatic rings. The van der Waals surface area contributed by atoms with Crippen LogP contribution in [0.3, 0.4) is 0 Å². The molecule has 0 fully saturated rings. The molecule has 7 heteroatoms. The van der Waals surface area contributed by atoms with Crippen LogP contribution in [0.5, 0.6) is 0 Å². The third kappa shape index (κ3) is 4.21. The molecule has 3 nitrogen and oxygen atoms in total. The molecule has 0 saturated heterocycles. The number of halogens is 3. The maximum atomic E-state index is 13.7. The number of sulfone groups is 1. The van der Waals surface area contributed by atoms with E-state index in [1.807, 2.05) is 0 Å². The van der Waals surface area contributed by atoms with E-state index in [1.165, 1.54) is 12.1 Å². The molecule has 0 radical (unpaired) electrons. The van der Waals surface area contributed by atoms with Gasteiger partial charge in [-0.15, -0.1) is 0 Å². The van der Waals surface area contributed by atoms with E-state index in [0.717, 1.165) is 6.26 Å². The second-order valence-electron chi connectivity index (χ2n) is 3.72. The summed E-state index contributed by atoms with van der Waals surface area (Å²) in [6, 6.07) is 2.04. The molecule has 0 bridgehead atoms. The van der Waals surface area contributed by atoms with Crippen molar-refractivity contribution >= 4 is 37.4 Å². The van der Waals surface area contributed by atoms with E-state index < -0.39 is 21.7 Å². The Kier molecular flexibility index (Phi) is 4.95. The van der Waals surface area contributed by atoms with Crippen LogP contribution in [0.25, 0.3) is 0 Å². The molecular weight excluding hydrogens is 333 g/mol. The Morgan fingerprint density at radius 2 is 2.12 bits per heavy atom. The summed E-state index contributed by atoms with van der Waals surface area (Å²) in [6.07, 6.45) is 1.11. The van der Waals surface area contributed by atoms with Crippen LogP contribution in [0.1, 0.15) is 11.6 Å².